The molecule has 2 heterocycles. The summed E-state index contributed by atoms with van der Waals surface area (Å²) >= 11 is 1.63. The third-order valence-corrected chi connectivity index (χ3v) is 4.89. The van der Waals surface area contributed by atoms with E-state index >= 15 is 0 Å². The Balaban J connectivity index is 1.54. The summed E-state index contributed by atoms with van der Waals surface area (Å²) in [6.45, 7) is 1.74. The number of benzene rings is 1. The van der Waals surface area contributed by atoms with Crippen molar-refractivity contribution in [2.24, 2.45) is 0 Å². The third kappa shape index (κ3) is 3.79. The van der Waals surface area contributed by atoms with Crippen molar-refractivity contribution in [3.63, 3.8) is 0 Å². The SMILES string of the molecule is COc1ccc(CC(=O)N[C@@H]2CCN(c3nccs3)C2)cc1OC. The van der Waals surface area contributed by atoms with E-state index in [2.05, 4.69) is 15.2 Å². The molecule has 1 aliphatic rings. The molecule has 1 atom stereocenters. The summed E-state index contributed by atoms with van der Waals surface area (Å²) in [7, 11) is 3.19. The van der Waals surface area contributed by atoms with Crippen molar-refractivity contribution >= 4 is 22.4 Å². The standard InChI is InChI=1S/C17H21N3O3S/c1-22-14-4-3-12(9-15(14)23-2)10-16(21)19-13-5-7-20(11-13)17-18-6-8-24-17/h3-4,6,8-9,13H,5,7,10-11H2,1-2H3,(H,19,21)/t13-/m1/s1. The van der Waals surface area contributed by atoms with Crippen LogP contribution in [0.2, 0.25) is 0 Å². The summed E-state index contributed by atoms with van der Waals surface area (Å²) in [5.41, 5.74) is 0.903. The van der Waals surface area contributed by atoms with Gasteiger partial charge in [0, 0.05) is 30.7 Å². The molecule has 0 radical (unpaired) electrons. The molecular weight excluding hydrogens is 326 g/mol. The number of thiazole rings is 1. The van der Waals surface area contributed by atoms with Crippen molar-refractivity contribution in [1.29, 1.82) is 0 Å². The monoisotopic (exact) mass is 347 g/mol. The topological polar surface area (TPSA) is 63.7 Å². The Morgan fingerprint density at radius 2 is 2.21 bits per heavy atom. The fourth-order valence-corrected chi connectivity index (χ4v) is 3.56. The highest BCUT2D eigenvalue weighted by atomic mass is 32.1. The van der Waals surface area contributed by atoms with Crippen molar-refractivity contribution in [3.8, 4) is 11.5 Å². The molecule has 1 amide bonds. The molecule has 3 rings (SSSR count). The summed E-state index contributed by atoms with van der Waals surface area (Å²) in [6.07, 6.45) is 3.08. The van der Waals surface area contributed by atoms with Crippen LogP contribution < -0.4 is 19.7 Å². The van der Waals surface area contributed by atoms with Crippen molar-refractivity contribution in [1.82, 2.24) is 10.3 Å². The van der Waals surface area contributed by atoms with E-state index in [0.29, 0.717) is 17.9 Å². The van der Waals surface area contributed by atoms with Crippen molar-refractivity contribution < 1.29 is 14.3 Å². The van der Waals surface area contributed by atoms with Gasteiger partial charge >= 0.3 is 0 Å². The highest BCUT2D eigenvalue weighted by molar-refractivity contribution is 7.13. The average molecular weight is 347 g/mol. The third-order valence-electron chi connectivity index (χ3n) is 4.06. The maximum absolute atomic E-state index is 12.3. The van der Waals surface area contributed by atoms with Gasteiger partial charge in [-0.2, -0.15) is 0 Å². The number of nitrogens with one attached hydrogen (secondary N) is 1. The zero-order chi connectivity index (χ0) is 16.9. The largest absolute Gasteiger partial charge is 0.493 e. The molecule has 0 bridgehead atoms. The van der Waals surface area contributed by atoms with Gasteiger partial charge in [0.2, 0.25) is 5.91 Å². The minimum absolute atomic E-state index is 0.0215. The van der Waals surface area contributed by atoms with Crippen LogP contribution in [0.15, 0.2) is 29.8 Å². The van der Waals surface area contributed by atoms with Gasteiger partial charge in [0.05, 0.1) is 20.6 Å². The number of carbonyl (C=O) groups excluding carboxylic acids is 1. The molecule has 1 saturated heterocycles. The van der Waals surface area contributed by atoms with Gasteiger partial charge < -0.3 is 19.7 Å². The summed E-state index contributed by atoms with van der Waals surface area (Å²) in [5.74, 6) is 1.32. The Kier molecular flexibility index (Phi) is 5.20. The first-order chi connectivity index (χ1) is 11.7. The zero-order valence-corrected chi connectivity index (χ0v) is 14.6. The van der Waals surface area contributed by atoms with Crippen molar-refractivity contribution in [2.75, 3.05) is 32.2 Å². The fourth-order valence-electron chi connectivity index (χ4n) is 2.88. The molecule has 1 aromatic heterocycles. The lowest BCUT2D eigenvalue weighted by molar-refractivity contribution is -0.121. The van der Waals surface area contributed by atoms with Crippen molar-refractivity contribution in [2.45, 2.75) is 18.9 Å². The quantitative estimate of drug-likeness (QED) is 0.867. The van der Waals surface area contributed by atoms with E-state index in [1.54, 1.807) is 25.6 Å². The van der Waals surface area contributed by atoms with Crippen LogP contribution in [0.5, 0.6) is 11.5 Å². The number of hydrogen-bond donors (Lipinski definition) is 1. The lowest BCUT2D eigenvalue weighted by atomic mass is 10.1. The van der Waals surface area contributed by atoms with Crippen LogP contribution in [0, 0.1) is 0 Å². The molecule has 1 aliphatic heterocycles. The number of anilines is 1. The van der Waals surface area contributed by atoms with E-state index in [0.717, 1.165) is 30.2 Å². The summed E-state index contributed by atoms with van der Waals surface area (Å²) in [5, 5.41) is 6.10. The molecule has 128 valence electrons. The molecule has 0 unspecified atom stereocenters. The van der Waals surface area contributed by atoms with Gasteiger partial charge in [0.25, 0.3) is 0 Å². The number of rotatable bonds is 6. The number of aromatic nitrogens is 1. The number of amides is 1. The maximum atomic E-state index is 12.3. The predicted octanol–water partition coefficient (Wildman–Crippen LogP) is 2.10. The van der Waals surface area contributed by atoms with Crippen LogP contribution in [0.3, 0.4) is 0 Å². The molecule has 6 nitrogen and oxygen atoms in total. The lowest BCUT2D eigenvalue weighted by Crippen LogP contribution is -2.37. The summed E-state index contributed by atoms with van der Waals surface area (Å²) in [6, 6.07) is 5.72. The van der Waals surface area contributed by atoms with Gasteiger partial charge in [-0.15, -0.1) is 11.3 Å². The Labute approximate surface area is 145 Å². The van der Waals surface area contributed by atoms with Crippen molar-refractivity contribution in [3.05, 3.63) is 35.3 Å². The van der Waals surface area contributed by atoms with E-state index in [1.807, 2.05) is 29.8 Å². The zero-order valence-electron chi connectivity index (χ0n) is 13.8. The summed E-state index contributed by atoms with van der Waals surface area (Å²) < 4.78 is 10.5. The molecule has 1 fully saturated rings. The first-order valence-electron chi connectivity index (χ1n) is 7.84. The van der Waals surface area contributed by atoms with E-state index in [1.165, 1.54) is 0 Å². The Morgan fingerprint density at radius 1 is 1.38 bits per heavy atom. The van der Waals surface area contributed by atoms with Crippen LogP contribution in [-0.4, -0.2) is 44.2 Å². The molecule has 0 spiro atoms. The van der Waals surface area contributed by atoms with E-state index < -0.39 is 0 Å². The van der Waals surface area contributed by atoms with Gasteiger partial charge in [0.1, 0.15) is 0 Å². The van der Waals surface area contributed by atoms with Gasteiger partial charge in [-0.3, -0.25) is 4.79 Å². The molecule has 2 aromatic rings. The van der Waals surface area contributed by atoms with E-state index in [9.17, 15) is 4.79 Å². The van der Waals surface area contributed by atoms with Crippen LogP contribution in [-0.2, 0) is 11.2 Å². The van der Waals surface area contributed by atoms with Crippen LogP contribution >= 0.6 is 11.3 Å². The fraction of sp³-hybridized carbons (Fsp3) is 0.412. The maximum Gasteiger partial charge on any atom is 0.224 e. The first kappa shape index (κ1) is 16.6. The minimum Gasteiger partial charge on any atom is -0.493 e. The van der Waals surface area contributed by atoms with E-state index in [4.69, 9.17) is 9.47 Å². The number of carbonyl (C=O) groups is 1. The van der Waals surface area contributed by atoms with Gasteiger partial charge in [-0.1, -0.05) is 6.07 Å². The van der Waals surface area contributed by atoms with Crippen LogP contribution in [0.25, 0.3) is 0 Å². The van der Waals surface area contributed by atoms with Gasteiger partial charge in [0.15, 0.2) is 16.6 Å². The minimum atomic E-state index is 0.0215. The van der Waals surface area contributed by atoms with Gasteiger partial charge in [-0.05, 0) is 24.1 Å². The highest BCUT2D eigenvalue weighted by Gasteiger charge is 2.25. The molecule has 7 heteroatoms. The smallest absolute Gasteiger partial charge is 0.224 e. The number of ether oxygens (including phenoxy) is 2. The second kappa shape index (κ2) is 7.53. The molecule has 1 N–H and O–H groups in total. The number of methoxy groups -OCH3 is 2. The molecule has 24 heavy (non-hydrogen) atoms. The molecule has 1 aromatic carbocycles. The predicted molar refractivity (Wildman–Crippen MR) is 94.1 cm³/mol. The Bertz CT molecular complexity index is 690. The van der Waals surface area contributed by atoms with Crippen LogP contribution in [0.1, 0.15) is 12.0 Å². The lowest BCUT2D eigenvalue weighted by Gasteiger charge is -2.16. The Hall–Kier alpha value is -2.28. The second-order valence-electron chi connectivity index (χ2n) is 5.68. The van der Waals surface area contributed by atoms with Gasteiger partial charge in [-0.25, -0.2) is 4.98 Å². The average Bonchev–Trinajstić information content (AvgIpc) is 3.25. The first-order valence-corrected chi connectivity index (χ1v) is 8.72. The van der Waals surface area contributed by atoms with Crippen LogP contribution in [0.4, 0.5) is 5.13 Å². The second-order valence-corrected chi connectivity index (χ2v) is 6.55. The number of nitrogens with zero attached hydrogens (tertiary/aromatic N) is 2. The molecule has 0 saturated carbocycles. The van der Waals surface area contributed by atoms with E-state index in [-0.39, 0.29) is 11.9 Å². The Morgan fingerprint density at radius 3 is 2.92 bits per heavy atom. The molecule has 0 aliphatic carbocycles. The summed E-state index contributed by atoms with van der Waals surface area (Å²) in [4.78, 5) is 18.8. The normalized spacial score (nSPS) is 16.9. The molecular formula is C17H21N3O3S. The highest BCUT2D eigenvalue weighted by Crippen LogP contribution is 2.28. The number of hydrogen-bond acceptors (Lipinski definition) is 6.